The first-order valence-corrected chi connectivity index (χ1v) is 5.46. The Morgan fingerprint density at radius 2 is 2.19 bits per heavy atom. The predicted molar refractivity (Wildman–Crippen MR) is 55.9 cm³/mol. The molecule has 0 aliphatic rings. The molecule has 1 aromatic heterocycles. The van der Waals surface area contributed by atoms with Crippen LogP contribution in [-0.2, 0) is 11.3 Å². The summed E-state index contributed by atoms with van der Waals surface area (Å²) in [6, 6.07) is 3.40. The van der Waals surface area contributed by atoms with E-state index >= 15 is 0 Å². The van der Waals surface area contributed by atoms with Crippen molar-refractivity contribution in [3.8, 4) is 10.6 Å². The number of thiazole rings is 1. The third-order valence-electron chi connectivity index (χ3n) is 2.11. The highest BCUT2D eigenvalue weighted by Crippen LogP contribution is 2.23. The monoisotopic (exact) mass is 240 g/mol. The second-order valence-electron chi connectivity index (χ2n) is 3.15. The fourth-order valence-electron chi connectivity index (χ4n) is 1.41. The average Bonchev–Trinajstić information content (AvgIpc) is 2.67. The van der Waals surface area contributed by atoms with Gasteiger partial charge in [-0.2, -0.15) is 4.57 Å². The number of carbonyl (C=O) groups is 1. The van der Waals surface area contributed by atoms with Gasteiger partial charge in [-0.05, 0) is 12.1 Å². The molecular weight excluding hydrogens is 232 g/mol. The zero-order chi connectivity index (χ0) is 11.5. The summed E-state index contributed by atoms with van der Waals surface area (Å²) in [5, 5.41) is 2.35. The van der Waals surface area contributed by atoms with Crippen LogP contribution in [0.25, 0.3) is 10.6 Å². The molecule has 0 N–H and O–H groups in total. The predicted octanol–water partition coefficient (Wildman–Crippen LogP) is 2.18. The summed E-state index contributed by atoms with van der Waals surface area (Å²) >= 11 is 1.30. The van der Waals surface area contributed by atoms with Crippen LogP contribution in [0.15, 0.2) is 29.8 Å². The van der Waals surface area contributed by atoms with Gasteiger partial charge >= 0.3 is 0 Å². The van der Waals surface area contributed by atoms with Crippen LogP contribution in [0.1, 0.15) is 0 Å². The molecule has 2 aromatic rings. The van der Waals surface area contributed by atoms with Gasteiger partial charge in [0.25, 0.3) is 5.01 Å². The molecule has 2 nitrogen and oxygen atoms in total. The molecule has 0 bridgehead atoms. The molecule has 2 rings (SSSR count). The van der Waals surface area contributed by atoms with Gasteiger partial charge in [0.1, 0.15) is 11.6 Å². The van der Waals surface area contributed by atoms with Crippen molar-refractivity contribution in [2.75, 3.05) is 0 Å². The smallest absolute Gasteiger partial charge is 0.272 e. The standard InChI is InChI=1S/C11H8F2NOS/c12-8-1-2-9(10(13)7-8)11-14(3-5-15)4-6-16-11/h1-2,4-7H,3H2/q+1. The van der Waals surface area contributed by atoms with Gasteiger partial charge in [0.05, 0.1) is 10.9 Å². The van der Waals surface area contributed by atoms with E-state index in [2.05, 4.69) is 0 Å². The lowest BCUT2D eigenvalue weighted by Gasteiger charge is -1.98. The third-order valence-corrected chi connectivity index (χ3v) is 3.05. The molecule has 0 atom stereocenters. The molecule has 0 spiro atoms. The summed E-state index contributed by atoms with van der Waals surface area (Å²) in [5.41, 5.74) is 0.304. The summed E-state index contributed by atoms with van der Waals surface area (Å²) < 4.78 is 27.9. The lowest BCUT2D eigenvalue weighted by Crippen LogP contribution is -2.34. The minimum atomic E-state index is -0.623. The zero-order valence-electron chi connectivity index (χ0n) is 8.19. The summed E-state index contributed by atoms with van der Waals surface area (Å²) in [6.45, 7) is 0.162. The molecule has 1 heterocycles. The van der Waals surface area contributed by atoms with E-state index < -0.39 is 11.6 Å². The highest BCUT2D eigenvalue weighted by Gasteiger charge is 2.18. The molecule has 0 saturated heterocycles. The Labute approximate surface area is 94.8 Å². The van der Waals surface area contributed by atoms with Gasteiger partial charge in [0.2, 0.25) is 6.54 Å². The second-order valence-corrected chi connectivity index (χ2v) is 4.05. The van der Waals surface area contributed by atoms with Crippen molar-refractivity contribution in [1.82, 2.24) is 0 Å². The number of aromatic nitrogens is 1. The minimum Gasteiger partial charge on any atom is -0.296 e. The lowest BCUT2D eigenvalue weighted by molar-refractivity contribution is -0.667. The first kappa shape index (κ1) is 10.9. The second kappa shape index (κ2) is 4.49. The van der Waals surface area contributed by atoms with Crippen molar-refractivity contribution < 1.29 is 18.1 Å². The number of hydrogen-bond donors (Lipinski definition) is 0. The molecule has 0 aliphatic carbocycles. The van der Waals surface area contributed by atoms with Crippen molar-refractivity contribution in [1.29, 1.82) is 0 Å². The molecule has 5 heteroatoms. The Morgan fingerprint density at radius 1 is 1.38 bits per heavy atom. The Hall–Kier alpha value is -1.62. The topological polar surface area (TPSA) is 20.9 Å². The molecule has 82 valence electrons. The molecule has 0 amide bonds. The van der Waals surface area contributed by atoms with Gasteiger partial charge in [-0.15, -0.1) is 0 Å². The highest BCUT2D eigenvalue weighted by molar-refractivity contribution is 7.12. The summed E-state index contributed by atoms with van der Waals surface area (Å²) in [4.78, 5) is 10.4. The summed E-state index contributed by atoms with van der Waals surface area (Å²) in [7, 11) is 0. The molecule has 0 aliphatic heterocycles. The largest absolute Gasteiger partial charge is 0.296 e. The quantitative estimate of drug-likeness (QED) is 0.595. The normalized spacial score (nSPS) is 10.4. The Kier molecular flexibility index (Phi) is 3.05. The van der Waals surface area contributed by atoms with Crippen LogP contribution in [-0.4, -0.2) is 6.29 Å². The first-order chi connectivity index (χ1) is 7.72. The number of benzene rings is 1. The van der Waals surface area contributed by atoms with Crippen LogP contribution in [0.2, 0.25) is 0 Å². The number of halogens is 2. The molecule has 1 aromatic carbocycles. The first-order valence-electron chi connectivity index (χ1n) is 4.58. The summed E-state index contributed by atoms with van der Waals surface area (Å²) in [5.74, 6) is -1.23. The minimum absolute atomic E-state index is 0.162. The number of aldehydes is 1. The van der Waals surface area contributed by atoms with Crippen LogP contribution in [0.5, 0.6) is 0 Å². The van der Waals surface area contributed by atoms with Gasteiger partial charge in [-0.3, -0.25) is 4.79 Å². The molecule has 0 fully saturated rings. The number of carbonyl (C=O) groups excluding carboxylic acids is 1. The molecule has 0 saturated carbocycles. The molecular formula is C11H8F2NOS+. The van der Waals surface area contributed by atoms with Crippen molar-refractivity contribution >= 4 is 17.6 Å². The molecule has 0 radical (unpaired) electrons. The number of nitrogens with zero attached hydrogens (tertiary/aromatic N) is 1. The van der Waals surface area contributed by atoms with Crippen molar-refractivity contribution in [3.05, 3.63) is 41.4 Å². The molecule has 0 unspecified atom stereocenters. The number of rotatable bonds is 3. The number of hydrogen-bond acceptors (Lipinski definition) is 2. The van der Waals surface area contributed by atoms with Crippen LogP contribution >= 0.6 is 11.3 Å². The van der Waals surface area contributed by atoms with Crippen LogP contribution in [0.4, 0.5) is 8.78 Å². The van der Waals surface area contributed by atoms with E-state index in [9.17, 15) is 13.6 Å². The van der Waals surface area contributed by atoms with E-state index in [1.807, 2.05) is 0 Å². The van der Waals surface area contributed by atoms with Crippen molar-refractivity contribution in [2.45, 2.75) is 6.54 Å². The van der Waals surface area contributed by atoms with Crippen LogP contribution < -0.4 is 4.57 Å². The fraction of sp³-hybridized carbons (Fsp3) is 0.0909. The van der Waals surface area contributed by atoms with Gasteiger partial charge < -0.3 is 0 Å². The maximum Gasteiger partial charge on any atom is 0.272 e. The Balaban J connectivity index is 2.49. The van der Waals surface area contributed by atoms with Gasteiger partial charge in [-0.25, -0.2) is 8.78 Å². The SMILES string of the molecule is O=CC[n+]1ccsc1-c1ccc(F)cc1F. The average molecular weight is 240 g/mol. The van der Waals surface area contributed by atoms with Crippen LogP contribution in [0.3, 0.4) is 0 Å². The van der Waals surface area contributed by atoms with Crippen molar-refractivity contribution in [3.63, 3.8) is 0 Å². The van der Waals surface area contributed by atoms with Crippen molar-refractivity contribution in [2.24, 2.45) is 0 Å². The van der Waals surface area contributed by atoms with E-state index in [4.69, 9.17) is 0 Å². The van der Waals surface area contributed by atoms with E-state index in [-0.39, 0.29) is 6.54 Å². The van der Waals surface area contributed by atoms with Gasteiger partial charge in [0.15, 0.2) is 12.5 Å². The summed E-state index contributed by atoms with van der Waals surface area (Å²) in [6.07, 6.45) is 2.43. The lowest BCUT2D eigenvalue weighted by atomic mass is 10.2. The highest BCUT2D eigenvalue weighted by atomic mass is 32.1. The Bertz CT molecular complexity index is 524. The maximum absolute atomic E-state index is 13.5. The fourth-order valence-corrected chi connectivity index (χ4v) is 2.31. The maximum atomic E-state index is 13.5. The van der Waals surface area contributed by atoms with Crippen LogP contribution in [0, 0.1) is 11.6 Å². The molecule has 16 heavy (non-hydrogen) atoms. The van der Waals surface area contributed by atoms with Gasteiger partial charge in [0, 0.05) is 6.07 Å². The Morgan fingerprint density at radius 3 is 2.88 bits per heavy atom. The van der Waals surface area contributed by atoms with E-state index in [0.29, 0.717) is 10.6 Å². The van der Waals surface area contributed by atoms with E-state index in [1.165, 1.54) is 23.5 Å². The van der Waals surface area contributed by atoms with E-state index in [1.54, 1.807) is 16.1 Å². The zero-order valence-corrected chi connectivity index (χ0v) is 9.01. The third kappa shape index (κ3) is 1.99. The van der Waals surface area contributed by atoms with E-state index in [0.717, 1.165) is 12.4 Å². The van der Waals surface area contributed by atoms with Gasteiger partial charge in [-0.1, -0.05) is 11.3 Å².